The van der Waals surface area contributed by atoms with Crippen LogP contribution in [-0.2, 0) is 30.4 Å². The number of non-ortho nitro benzene ring substituents is 1. The molecule has 0 unspecified atom stereocenters. The number of carbonyl (C=O) groups excluding carboxylic acids is 1. The minimum absolute atomic E-state index is 0. The van der Waals surface area contributed by atoms with E-state index in [0.717, 1.165) is 42.5 Å². The van der Waals surface area contributed by atoms with Crippen molar-refractivity contribution < 1.29 is 48.6 Å². The predicted octanol–water partition coefficient (Wildman–Crippen LogP) is -0.205. The number of nitro benzene ring substituents is 1. The van der Waals surface area contributed by atoms with E-state index in [4.69, 9.17) is 0 Å². The average Bonchev–Trinajstić information content (AvgIpc) is 2.70. The van der Waals surface area contributed by atoms with E-state index in [-0.39, 0.29) is 105 Å². The van der Waals surface area contributed by atoms with Crippen molar-refractivity contribution in [3.8, 4) is 0 Å². The van der Waals surface area contributed by atoms with E-state index in [1.54, 1.807) is 0 Å². The normalized spacial score (nSPS) is 11.4. The van der Waals surface area contributed by atoms with Gasteiger partial charge in [0.25, 0.3) is 41.9 Å². The van der Waals surface area contributed by atoms with Gasteiger partial charge in [0, 0.05) is 28.6 Å². The summed E-state index contributed by atoms with van der Waals surface area (Å²) in [6.45, 7) is 0. The van der Waals surface area contributed by atoms with Crippen LogP contribution in [0.5, 0.6) is 0 Å². The first kappa shape index (κ1) is 36.5. The van der Waals surface area contributed by atoms with Crippen molar-refractivity contribution in [1.82, 2.24) is 0 Å². The van der Waals surface area contributed by atoms with E-state index in [1.807, 2.05) is 0 Å². The van der Waals surface area contributed by atoms with Crippen LogP contribution in [0.25, 0.3) is 10.8 Å². The van der Waals surface area contributed by atoms with E-state index in [0.29, 0.717) is 6.07 Å². The van der Waals surface area contributed by atoms with Gasteiger partial charge in [0.1, 0.15) is 9.79 Å². The molecule has 0 heterocycles. The summed E-state index contributed by atoms with van der Waals surface area (Å²) in [4.78, 5) is 20.3. The van der Waals surface area contributed by atoms with Gasteiger partial charge in [-0.25, -0.2) is 0 Å². The first-order chi connectivity index (χ1) is 15.5. The van der Waals surface area contributed by atoms with Crippen molar-refractivity contribution in [3.05, 3.63) is 64.2 Å². The standard InChI is InChI=1S/C17H12N2O12S3.3Na.3H/c20-17(12-3-1-9(19(21)22)7-16(12)34(29,30)31)18-14-5-6-15(33(26,27)28)11-4-2-10(8-13(11)14)32(23,24)25;;;;;;/h1-8H,(H,18,20)(H,23,24,25)(H,26,27,28)(H,29,30,31);;;;;;. The van der Waals surface area contributed by atoms with E-state index < -0.39 is 67.1 Å². The van der Waals surface area contributed by atoms with Crippen molar-refractivity contribution in [3.63, 3.8) is 0 Å². The fourth-order valence-electron chi connectivity index (χ4n) is 3.01. The van der Waals surface area contributed by atoms with Gasteiger partial charge in [0.05, 0.1) is 15.4 Å². The van der Waals surface area contributed by atoms with Crippen molar-refractivity contribution in [2.45, 2.75) is 14.7 Å². The summed E-state index contributed by atoms with van der Waals surface area (Å²) >= 11 is 0. The number of hydrogen-bond donors (Lipinski definition) is 4. The Labute approximate surface area is 276 Å². The van der Waals surface area contributed by atoms with E-state index in [9.17, 15) is 53.8 Å². The van der Waals surface area contributed by atoms with Crippen LogP contribution >= 0.6 is 0 Å². The number of benzene rings is 3. The first-order valence-corrected chi connectivity index (χ1v) is 12.9. The third-order valence-corrected chi connectivity index (χ3v) is 7.13. The number of nitrogens with zero attached hydrogens (tertiary/aromatic N) is 1. The van der Waals surface area contributed by atoms with Gasteiger partial charge in [-0.2, -0.15) is 25.3 Å². The summed E-state index contributed by atoms with van der Waals surface area (Å²) in [5.41, 5.74) is -1.77. The van der Waals surface area contributed by atoms with Gasteiger partial charge in [-0.3, -0.25) is 28.6 Å². The Hall–Kier alpha value is -0.480. The molecule has 3 aromatic carbocycles. The predicted molar refractivity (Wildman–Crippen MR) is 136 cm³/mol. The molecular weight excluding hydrogens is 589 g/mol. The van der Waals surface area contributed by atoms with Gasteiger partial charge in [-0.05, 0) is 30.3 Å². The van der Waals surface area contributed by atoms with E-state index in [2.05, 4.69) is 5.32 Å². The fourth-order valence-corrected chi connectivity index (χ4v) is 4.92. The molecule has 0 aromatic heterocycles. The molecule has 4 N–H and O–H groups in total. The SMILES string of the molecule is O=C(Nc1ccc(S(=O)(=O)O)c2ccc(S(=O)(=O)O)cc12)c1ccc([N+](=O)[O-])cc1S(=O)(=O)O.[NaH].[NaH].[NaH]. The molecule has 0 spiro atoms. The van der Waals surface area contributed by atoms with Gasteiger partial charge >= 0.3 is 88.7 Å². The number of hydrogen-bond acceptors (Lipinski definition) is 9. The van der Waals surface area contributed by atoms with Gasteiger partial charge in [-0.1, -0.05) is 6.07 Å². The fraction of sp³-hybridized carbons (Fsp3) is 0. The van der Waals surface area contributed by atoms with Crippen molar-refractivity contribution in [1.29, 1.82) is 0 Å². The van der Waals surface area contributed by atoms with Crippen molar-refractivity contribution in [2.75, 3.05) is 5.32 Å². The summed E-state index contributed by atoms with van der Waals surface area (Å²) in [5, 5.41) is 12.5. The molecule has 0 saturated carbocycles. The van der Waals surface area contributed by atoms with Crippen LogP contribution in [-0.4, -0.2) is 138 Å². The molecule has 0 fully saturated rings. The molecule has 0 atom stereocenters. The molecule has 0 aliphatic heterocycles. The Bertz CT molecular complexity index is 1710. The Kier molecular flexibility index (Phi) is 13.1. The second-order valence-electron chi connectivity index (χ2n) is 6.64. The van der Waals surface area contributed by atoms with Crippen LogP contribution in [0.3, 0.4) is 0 Å². The Morgan fingerprint density at radius 3 is 1.78 bits per heavy atom. The Balaban J connectivity index is 0.00000432. The second-order valence-corrected chi connectivity index (χ2v) is 10.8. The molecule has 186 valence electrons. The van der Waals surface area contributed by atoms with Crippen LogP contribution in [0.4, 0.5) is 11.4 Å². The zero-order valence-electron chi connectivity index (χ0n) is 16.3. The van der Waals surface area contributed by atoms with Crippen molar-refractivity contribution >= 4 is 147 Å². The monoisotopic (exact) mass is 604 g/mol. The molecular formula is C17H15N2Na3O12S3. The van der Waals surface area contributed by atoms with E-state index >= 15 is 0 Å². The maximum absolute atomic E-state index is 12.8. The summed E-state index contributed by atoms with van der Waals surface area (Å²) in [5.74, 6) is -1.24. The third-order valence-electron chi connectivity index (χ3n) is 4.47. The molecule has 3 rings (SSSR count). The Morgan fingerprint density at radius 1 is 0.730 bits per heavy atom. The van der Waals surface area contributed by atoms with Gasteiger partial charge in [-0.15, -0.1) is 0 Å². The summed E-state index contributed by atoms with van der Waals surface area (Å²) in [6, 6.07) is 6.34. The molecule has 0 saturated heterocycles. The zero-order valence-corrected chi connectivity index (χ0v) is 18.8. The van der Waals surface area contributed by atoms with Gasteiger partial charge in [0.2, 0.25) is 0 Å². The zero-order chi connectivity index (χ0) is 25.6. The molecule has 0 aliphatic rings. The number of amides is 1. The molecule has 14 nitrogen and oxygen atoms in total. The molecule has 0 bridgehead atoms. The van der Waals surface area contributed by atoms with Crippen LogP contribution in [0.2, 0.25) is 0 Å². The molecule has 0 aliphatic carbocycles. The molecule has 3 aromatic rings. The average molecular weight is 604 g/mol. The number of nitro groups is 1. The number of carbonyl (C=O) groups is 1. The summed E-state index contributed by atoms with van der Waals surface area (Å²) in [6.07, 6.45) is 0. The molecule has 20 heteroatoms. The summed E-state index contributed by atoms with van der Waals surface area (Å²) < 4.78 is 97.8. The number of nitrogens with one attached hydrogen (secondary N) is 1. The third kappa shape index (κ3) is 8.50. The van der Waals surface area contributed by atoms with Crippen LogP contribution < -0.4 is 5.32 Å². The maximum atomic E-state index is 12.8. The Morgan fingerprint density at radius 2 is 1.30 bits per heavy atom. The minimum atomic E-state index is -5.11. The number of anilines is 1. The molecule has 0 radical (unpaired) electrons. The summed E-state index contributed by atoms with van der Waals surface area (Å²) in [7, 11) is -14.7. The van der Waals surface area contributed by atoms with Gasteiger partial charge < -0.3 is 5.32 Å². The van der Waals surface area contributed by atoms with Gasteiger partial charge in [0.15, 0.2) is 0 Å². The molecule has 1 amide bonds. The van der Waals surface area contributed by atoms with E-state index in [1.165, 1.54) is 0 Å². The van der Waals surface area contributed by atoms with Crippen LogP contribution in [0.1, 0.15) is 10.4 Å². The topological polar surface area (TPSA) is 235 Å². The number of rotatable bonds is 6. The molecule has 37 heavy (non-hydrogen) atoms. The van der Waals surface area contributed by atoms with Crippen LogP contribution in [0, 0.1) is 10.1 Å². The van der Waals surface area contributed by atoms with Crippen LogP contribution in [0.15, 0.2) is 63.2 Å². The number of fused-ring (bicyclic) bond motifs is 1. The first-order valence-electron chi connectivity index (χ1n) is 8.59. The quantitative estimate of drug-likeness (QED) is 0.124. The second kappa shape index (κ2) is 13.2. The van der Waals surface area contributed by atoms with Crippen molar-refractivity contribution in [2.24, 2.45) is 0 Å².